The van der Waals surface area contributed by atoms with Crippen molar-refractivity contribution in [1.29, 1.82) is 0 Å². The second-order valence-electron chi connectivity index (χ2n) is 3.59. The highest BCUT2D eigenvalue weighted by Crippen LogP contribution is 2.16. The van der Waals surface area contributed by atoms with Crippen LogP contribution in [0.4, 0.5) is 0 Å². The van der Waals surface area contributed by atoms with Gasteiger partial charge >= 0.3 is 0 Å². The van der Waals surface area contributed by atoms with Crippen molar-refractivity contribution in [2.24, 2.45) is 5.73 Å². The van der Waals surface area contributed by atoms with E-state index in [9.17, 15) is 4.79 Å². The van der Waals surface area contributed by atoms with Gasteiger partial charge in [0, 0.05) is 20.2 Å². The predicted octanol–water partition coefficient (Wildman–Crippen LogP) is 1.17. The minimum Gasteiger partial charge on any atom is -0.380 e. The maximum Gasteiger partial charge on any atom is 0.263 e. The standard InChI is InChI=1S/C13H18N2O2S/c1-3-17-10-9-15(2)13(16)12-7-6-11(18-12)5-4-8-14/h6-7H,3,8-10,14H2,1-2H3. The smallest absolute Gasteiger partial charge is 0.263 e. The molecule has 1 aromatic heterocycles. The van der Waals surface area contributed by atoms with Gasteiger partial charge in [-0.2, -0.15) is 0 Å². The summed E-state index contributed by atoms with van der Waals surface area (Å²) in [7, 11) is 1.77. The van der Waals surface area contributed by atoms with Crippen LogP contribution in [0.25, 0.3) is 0 Å². The molecule has 0 atom stereocenters. The molecule has 0 saturated heterocycles. The molecule has 4 nitrogen and oxygen atoms in total. The lowest BCUT2D eigenvalue weighted by Gasteiger charge is -2.15. The molecule has 0 radical (unpaired) electrons. The third-order valence-corrected chi connectivity index (χ3v) is 3.24. The number of nitrogens with two attached hydrogens (primary N) is 1. The van der Waals surface area contributed by atoms with E-state index in [0.29, 0.717) is 31.2 Å². The van der Waals surface area contributed by atoms with Gasteiger partial charge in [-0.05, 0) is 19.1 Å². The van der Waals surface area contributed by atoms with Crippen LogP contribution in [0.5, 0.6) is 0 Å². The maximum absolute atomic E-state index is 12.0. The number of carbonyl (C=O) groups is 1. The largest absolute Gasteiger partial charge is 0.380 e. The summed E-state index contributed by atoms with van der Waals surface area (Å²) in [6, 6.07) is 3.64. The molecule has 0 unspecified atom stereocenters. The first-order valence-corrected chi connectivity index (χ1v) is 6.62. The first kappa shape index (κ1) is 14.7. The summed E-state index contributed by atoms with van der Waals surface area (Å²) in [6.07, 6.45) is 0. The van der Waals surface area contributed by atoms with Gasteiger partial charge in [-0.25, -0.2) is 0 Å². The molecular weight excluding hydrogens is 248 g/mol. The fourth-order valence-corrected chi connectivity index (χ4v) is 2.17. The molecule has 0 spiro atoms. The summed E-state index contributed by atoms with van der Waals surface area (Å²) in [4.78, 5) is 15.2. The number of carbonyl (C=O) groups excluding carboxylic acids is 1. The Balaban J connectivity index is 2.57. The SMILES string of the molecule is CCOCCN(C)C(=O)c1ccc(C#CCN)s1. The van der Waals surface area contributed by atoms with Crippen LogP contribution in [0.2, 0.25) is 0 Å². The Bertz CT molecular complexity index is 445. The van der Waals surface area contributed by atoms with Crippen molar-refractivity contribution in [2.45, 2.75) is 6.92 Å². The monoisotopic (exact) mass is 266 g/mol. The quantitative estimate of drug-likeness (QED) is 0.643. The van der Waals surface area contributed by atoms with E-state index in [-0.39, 0.29) is 5.91 Å². The summed E-state index contributed by atoms with van der Waals surface area (Å²) >= 11 is 1.39. The molecule has 1 amide bonds. The molecule has 98 valence electrons. The van der Waals surface area contributed by atoms with Crippen molar-refractivity contribution in [3.63, 3.8) is 0 Å². The topological polar surface area (TPSA) is 55.6 Å². The van der Waals surface area contributed by atoms with Crippen molar-refractivity contribution in [1.82, 2.24) is 4.90 Å². The Morgan fingerprint density at radius 3 is 3.00 bits per heavy atom. The molecule has 0 saturated carbocycles. The number of rotatable bonds is 5. The fraction of sp³-hybridized carbons (Fsp3) is 0.462. The second kappa shape index (κ2) is 7.88. The number of amides is 1. The molecule has 1 heterocycles. The Labute approximate surface area is 112 Å². The minimum atomic E-state index is 0.000464. The van der Waals surface area contributed by atoms with E-state index in [2.05, 4.69) is 11.8 Å². The Morgan fingerprint density at radius 2 is 2.33 bits per heavy atom. The lowest BCUT2D eigenvalue weighted by Crippen LogP contribution is -2.29. The summed E-state index contributed by atoms with van der Waals surface area (Å²) in [6.45, 7) is 4.08. The number of ether oxygens (including phenoxy) is 1. The van der Waals surface area contributed by atoms with E-state index in [0.717, 1.165) is 4.88 Å². The highest BCUT2D eigenvalue weighted by molar-refractivity contribution is 7.14. The number of likely N-dealkylation sites (N-methyl/N-ethyl adjacent to an activating group) is 1. The molecule has 5 heteroatoms. The predicted molar refractivity (Wildman–Crippen MR) is 73.7 cm³/mol. The van der Waals surface area contributed by atoms with E-state index in [4.69, 9.17) is 10.5 Å². The minimum absolute atomic E-state index is 0.000464. The van der Waals surface area contributed by atoms with Gasteiger partial charge in [-0.1, -0.05) is 11.8 Å². The van der Waals surface area contributed by atoms with Gasteiger partial charge in [-0.3, -0.25) is 4.79 Å². The van der Waals surface area contributed by atoms with Crippen molar-refractivity contribution in [3.8, 4) is 11.8 Å². The molecule has 0 bridgehead atoms. The molecule has 0 fully saturated rings. The van der Waals surface area contributed by atoms with Gasteiger partial charge < -0.3 is 15.4 Å². The van der Waals surface area contributed by atoms with E-state index in [1.54, 1.807) is 18.0 Å². The molecule has 0 aliphatic heterocycles. The van der Waals surface area contributed by atoms with Crippen LogP contribution in [0.1, 0.15) is 21.5 Å². The lowest BCUT2D eigenvalue weighted by atomic mass is 10.4. The third-order valence-electron chi connectivity index (χ3n) is 2.25. The van der Waals surface area contributed by atoms with E-state index in [1.807, 2.05) is 13.0 Å². The van der Waals surface area contributed by atoms with Gasteiger partial charge in [0.2, 0.25) is 0 Å². The van der Waals surface area contributed by atoms with Gasteiger partial charge in [0.05, 0.1) is 22.9 Å². The fourth-order valence-electron chi connectivity index (χ4n) is 1.29. The average molecular weight is 266 g/mol. The number of thiophene rings is 1. The lowest BCUT2D eigenvalue weighted by molar-refractivity contribution is 0.0714. The first-order chi connectivity index (χ1) is 8.69. The zero-order valence-corrected chi connectivity index (χ0v) is 11.5. The highest BCUT2D eigenvalue weighted by Gasteiger charge is 2.13. The third kappa shape index (κ3) is 4.49. The van der Waals surface area contributed by atoms with Crippen LogP contribution >= 0.6 is 11.3 Å². The zero-order valence-electron chi connectivity index (χ0n) is 10.7. The van der Waals surface area contributed by atoms with Crippen LogP contribution < -0.4 is 5.73 Å². The summed E-state index contributed by atoms with van der Waals surface area (Å²) in [5, 5.41) is 0. The molecule has 0 aromatic carbocycles. The van der Waals surface area contributed by atoms with Gasteiger partial charge in [0.25, 0.3) is 5.91 Å². The van der Waals surface area contributed by atoms with Crippen LogP contribution in [0.3, 0.4) is 0 Å². The molecule has 0 aliphatic carbocycles. The summed E-state index contributed by atoms with van der Waals surface area (Å²) in [5.74, 6) is 5.69. The molecule has 0 aliphatic rings. The maximum atomic E-state index is 12.0. The van der Waals surface area contributed by atoms with Crippen molar-refractivity contribution < 1.29 is 9.53 Å². The Hall–Kier alpha value is -1.35. The molecule has 1 rings (SSSR count). The van der Waals surface area contributed by atoms with E-state index < -0.39 is 0 Å². The Kier molecular flexibility index (Phi) is 6.44. The van der Waals surface area contributed by atoms with Gasteiger partial charge in [0.1, 0.15) is 0 Å². The van der Waals surface area contributed by atoms with Crippen LogP contribution in [0, 0.1) is 11.8 Å². The highest BCUT2D eigenvalue weighted by atomic mass is 32.1. The van der Waals surface area contributed by atoms with E-state index in [1.165, 1.54) is 11.3 Å². The molecule has 18 heavy (non-hydrogen) atoms. The van der Waals surface area contributed by atoms with E-state index >= 15 is 0 Å². The number of hydrogen-bond acceptors (Lipinski definition) is 4. The van der Waals surface area contributed by atoms with Crippen molar-refractivity contribution in [2.75, 3.05) is 33.4 Å². The zero-order chi connectivity index (χ0) is 13.4. The Morgan fingerprint density at radius 1 is 1.56 bits per heavy atom. The van der Waals surface area contributed by atoms with Crippen molar-refractivity contribution in [3.05, 3.63) is 21.9 Å². The van der Waals surface area contributed by atoms with Crippen LogP contribution in [-0.2, 0) is 4.74 Å². The molecule has 2 N–H and O–H groups in total. The first-order valence-electron chi connectivity index (χ1n) is 5.81. The van der Waals surface area contributed by atoms with Crippen molar-refractivity contribution >= 4 is 17.2 Å². The van der Waals surface area contributed by atoms with Crippen LogP contribution in [-0.4, -0.2) is 44.2 Å². The summed E-state index contributed by atoms with van der Waals surface area (Å²) < 4.78 is 5.22. The number of nitrogens with zero attached hydrogens (tertiary/aromatic N) is 1. The molecule has 1 aromatic rings. The van der Waals surface area contributed by atoms with Gasteiger partial charge in [-0.15, -0.1) is 11.3 Å². The number of hydrogen-bond donors (Lipinski definition) is 1. The van der Waals surface area contributed by atoms with Crippen LogP contribution in [0.15, 0.2) is 12.1 Å². The molecular formula is C13H18N2O2S. The second-order valence-corrected chi connectivity index (χ2v) is 4.68. The summed E-state index contributed by atoms with van der Waals surface area (Å²) in [5.41, 5.74) is 5.30. The normalized spacial score (nSPS) is 9.72. The van der Waals surface area contributed by atoms with Gasteiger partial charge in [0.15, 0.2) is 0 Å². The average Bonchev–Trinajstić information content (AvgIpc) is 2.84.